The standard InChI is InChI=1S/C16H18O.C12H13NO2.C2H6/c1-14-6-5-9-16(11-10-14)17-13-12-15-7-3-2-4-8-15;1-8-6-10-9(7-12(14)15)4-3-5-11(10)13(8)2;1-2/h2-5,7-11H,6,12-13H2,1H3;3-6H,7H2,1-2H3,(H,14,15);1-2H3. The van der Waals surface area contributed by atoms with Crippen LogP contribution in [0.2, 0.25) is 0 Å². The normalized spacial score (nSPS) is 12.4. The van der Waals surface area contributed by atoms with E-state index in [1.807, 2.05) is 64.2 Å². The van der Waals surface area contributed by atoms with Crippen molar-refractivity contribution >= 4 is 16.9 Å². The van der Waals surface area contributed by atoms with Gasteiger partial charge in [-0.2, -0.15) is 0 Å². The van der Waals surface area contributed by atoms with Crippen molar-refractivity contribution in [2.45, 2.75) is 47.0 Å². The number of benzene rings is 2. The summed E-state index contributed by atoms with van der Waals surface area (Å²) < 4.78 is 7.82. The second kappa shape index (κ2) is 13.9. The number of carboxylic acid groups (broad SMARTS) is 1. The maximum absolute atomic E-state index is 10.7. The molecule has 1 heterocycles. The Kier molecular flexibility index (Phi) is 10.9. The van der Waals surface area contributed by atoms with E-state index in [0.29, 0.717) is 0 Å². The van der Waals surface area contributed by atoms with Gasteiger partial charge in [0, 0.05) is 30.1 Å². The van der Waals surface area contributed by atoms with Crippen molar-refractivity contribution in [2.24, 2.45) is 7.05 Å². The molecule has 4 heteroatoms. The molecule has 0 aliphatic heterocycles. The summed E-state index contributed by atoms with van der Waals surface area (Å²) in [5.41, 5.74) is 5.79. The zero-order chi connectivity index (χ0) is 24.9. The summed E-state index contributed by atoms with van der Waals surface area (Å²) in [7, 11) is 1.99. The largest absolute Gasteiger partial charge is 0.493 e. The SMILES string of the molecule is CC.CC1=CC=C(OCCc2ccccc2)C=CC1.Cc1cc2c(CC(=O)O)cccc2n1C. The molecule has 0 atom stereocenters. The first-order valence-corrected chi connectivity index (χ1v) is 11.9. The summed E-state index contributed by atoms with van der Waals surface area (Å²) in [6.07, 6.45) is 10.4. The summed E-state index contributed by atoms with van der Waals surface area (Å²) >= 11 is 0. The average molecular weight is 460 g/mol. The molecule has 180 valence electrons. The summed E-state index contributed by atoms with van der Waals surface area (Å²) in [5, 5.41) is 9.84. The van der Waals surface area contributed by atoms with E-state index < -0.39 is 5.97 Å². The van der Waals surface area contributed by atoms with Crippen LogP contribution in [0.4, 0.5) is 0 Å². The Morgan fingerprint density at radius 3 is 2.47 bits per heavy atom. The van der Waals surface area contributed by atoms with Crippen molar-refractivity contribution in [1.29, 1.82) is 0 Å². The van der Waals surface area contributed by atoms with Crippen molar-refractivity contribution < 1.29 is 14.6 Å². The molecule has 34 heavy (non-hydrogen) atoms. The molecule has 1 N–H and O–H groups in total. The number of carbonyl (C=O) groups is 1. The third kappa shape index (κ3) is 8.11. The monoisotopic (exact) mass is 459 g/mol. The van der Waals surface area contributed by atoms with E-state index in [2.05, 4.69) is 54.0 Å². The van der Waals surface area contributed by atoms with Gasteiger partial charge >= 0.3 is 5.97 Å². The van der Waals surface area contributed by atoms with Crippen LogP contribution >= 0.6 is 0 Å². The maximum atomic E-state index is 10.7. The molecule has 0 fully saturated rings. The lowest BCUT2D eigenvalue weighted by molar-refractivity contribution is -0.136. The molecule has 0 amide bonds. The van der Waals surface area contributed by atoms with Crippen LogP contribution in [-0.4, -0.2) is 22.2 Å². The molecular formula is C30H37NO3. The highest BCUT2D eigenvalue weighted by molar-refractivity contribution is 5.88. The Balaban J connectivity index is 0.000000225. The minimum Gasteiger partial charge on any atom is -0.493 e. The molecule has 1 aliphatic rings. The number of carboxylic acids is 1. The van der Waals surface area contributed by atoms with E-state index in [0.717, 1.165) is 47.4 Å². The van der Waals surface area contributed by atoms with Gasteiger partial charge in [-0.3, -0.25) is 4.79 Å². The van der Waals surface area contributed by atoms with E-state index in [9.17, 15) is 4.79 Å². The van der Waals surface area contributed by atoms with Gasteiger partial charge in [0.05, 0.1) is 13.0 Å². The van der Waals surface area contributed by atoms with Gasteiger partial charge in [-0.05, 0) is 55.7 Å². The minimum atomic E-state index is -0.788. The first-order chi connectivity index (χ1) is 16.4. The summed E-state index contributed by atoms with van der Waals surface area (Å²) in [6.45, 7) is 8.88. The molecule has 4 nitrogen and oxygen atoms in total. The lowest BCUT2D eigenvalue weighted by atomic mass is 10.1. The molecule has 2 aromatic carbocycles. The van der Waals surface area contributed by atoms with Gasteiger partial charge in [-0.1, -0.05) is 74.0 Å². The average Bonchev–Trinajstić information content (AvgIpc) is 2.99. The van der Waals surface area contributed by atoms with Gasteiger partial charge < -0.3 is 14.4 Å². The van der Waals surface area contributed by atoms with Gasteiger partial charge in [0.2, 0.25) is 0 Å². The molecule has 0 saturated heterocycles. The third-order valence-electron chi connectivity index (χ3n) is 5.52. The number of aryl methyl sites for hydroxylation is 2. The fraction of sp³-hybridized carbons (Fsp3) is 0.300. The van der Waals surface area contributed by atoms with Gasteiger partial charge in [0.15, 0.2) is 0 Å². The van der Waals surface area contributed by atoms with E-state index in [1.165, 1.54) is 11.1 Å². The smallest absolute Gasteiger partial charge is 0.307 e. The van der Waals surface area contributed by atoms with Crippen LogP contribution in [0, 0.1) is 6.92 Å². The molecule has 3 aromatic rings. The van der Waals surface area contributed by atoms with E-state index in [4.69, 9.17) is 9.84 Å². The van der Waals surface area contributed by atoms with Crippen LogP contribution in [-0.2, 0) is 29.4 Å². The van der Waals surface area contributed by atoms with Crippen molar-refractivity contribution in [2.75, 3.05) is 6.61 Å². The Hall–Kier alpha value is -3.53. The molecule has 1 aromatic heterocycles. The number of rotatable bonds is 6. The van der Waals surface area contributed by atoms with Crippen LogP contribution < -0.4 is 0 Å². The summed E-state index contributed by atoms with van der Waals surface area (Å²) in [6, 6.07) is 18.2. The van der Waals surface area contributed by atoms with Crippen molar-refractivity contribution in [1.82, 2.24) is 4.57 Å². The highest BCUT2D eigenvalue weighted by Crippen LogP contribution is 2.22. The van der Waals surface area contributed by atoms with Crippen LogP contribution in [0.5, 0.6) is 0 Å². The fourth-order valence-corrected chi connectivity index (χ4v) is 3.61. The van der Waals surface area contributed by atoms with Crippen LogP contribution in [0.15, 0.2) is 90.2 Å². The number of hydrogen-bond acceptors (Lipinski definition) is 2. The molecule has 0 spiro atoms. The second-order valence-electron chi connectivity index (χ2n) is 8.04. The van der Waals surface area contributed by atoms with E-state index >= 15 is 0 Å². The lowest BCUT2D eigenvalue weighted by Crippen LogP contribution is -2.00. The Bertz CT molecular complexity index is 1150. The molecule has 4 rings (SSSR count). The number of hydrogen-bond donors (Lipinski definition) is 1. The fourth-order valence-electron chi connectivity index (χ4n) is 3.61. The molecule has 0 saturated carbocycles. The van der Waals surface area contributed by atoms with Gasteiger partial charge in [0.25, 0.3) is 0 Å². The predicted octanol–water partition coefficient (Wildman–Crippen LogP) is 7.18. The first-order valence-electron chi connectivity index (χ1n) is 11.9. The molecule has 0 unspecified atom stereocenters. The zero-order valence-electron chi connectivity index (χ0n) is 21.0. The van der Waals surface area contributed by atoms with Gasteiger partial charge in [-0.25, -0.2) is 0 Å². The third-order valence-corrected chi connectivity index (χ3v) is 5.52. The van der Waals surface area contributed by atoms with Gasteiger partial charge in [-0.15, -0.1) is 0 Å². The number of aliphatic carboxylic acids is 1. The summed E-state index contributed by atoms with van der Waals surface area (Å²) in [4.78, 5) is 10.7. The van der Waals surface area contributed by atoms with Crippen LogP contribution in [0.1, 0.15) is 44.0 Å². The highest BCUT2D eigenvalue weighted by atomic mass is 16.5. The maximum Gasteiger partial charge on any atom is 0.307 e. The number of aromatic nitrogens is 1. The minimum absolute atomic E-state index is 0.0841. The highest BCUT2D eigenvalue weighted by Gasteiger charge is 2.08. The second-order valence-corrected chi connectivity index (χ2v) is 8.04. The van der Waals surface area contributed by atoms with Crippen molar-refractivity contribution in [3.63, 3.8) is 0 Å². The van der Waals surface area contributed by atoms with Crippen LogP contribution in [0.3, 0.4) is 0 Å². The molecular weight excluding hydrogens is 422 g/mol. The number of fused-ring (bicyclic) bond motifs is 1. The Morgan fingerprint density at radius 2 is 1.76 bits per heavy atom. The van der Waals surface area contributed by atoms with Gasteiger partial charge in [0.1, 0.15) is 5.76 Å². The van der Waals surface area contributed by atoms with E-state index in [-0.39, 0.29) is 6.42 Å². The molecule has 0 radical (unpaired) electrons. The summed E-state index contributed by atoms with van der Waals surface area (Å²) in [5.74, 6) is 0.168. The zero-order valence-corrected chi connectivity index (χ0v) is 21.0. The van der Waals surface area contributed by atoms with Crippen molar-refractivity contribution in [3.8, 4) is 0 Å². The lowest BCUT2D eigenvalue weighted by Gasteiger charge is -2.06. The van der Waals surface area contributed by atoms with Crippen LogP contribution in [0.25, 0.3) is 10.9 Å². The Labute approximate surface area is 203 Å². The first kappa shape index (κ1) is 26.7. The predicted molar refractivity (Wildman–Crippen MR) is 142 cm³/mol. The number of allylic oxidation sites excluding steroid dienone is 5. The molecule has 0 bridgehead atoms. The number of nitrogens with zero attached hydrogens (tertiary/aromatic N) is 1. The Morgan fingerprint density at radius 1 is 1.03 bits per heavy atom. The quantitative estimate of drug-likeness (QED) is 0.425. The van der Waals surface area contributed by atoms with E-state index in [1.54, 1.807) is 0 Å². The topological polar surface area (TPSA) is 51.5 Å². The molecule has 1 aliphatic carbocycles. The van der Waals surface area contributed by atoms with Crippen molar-refractivity contribution in [3.05, 3.63) is 107 Å². The number of ether oxygens (including phenoxy) is 1.